The van der Waals surface area contributed by atoms with Crippen molar-refractivity contribution >= 4 is 16.7 Å². The van der Waals surface area contributed by atoms with E-state index in [4.69, 9.17) is 10.5 Å². The predicted octanol–water partition coefficient (Wildman–Crippen LogP) is 1.89. The first-order valence-corrected chi connectivity index (χ1v) is 8.46. The fourth-order valence-electron chi connectivity index (χ4n) is 3.55. The monoisotopic (exact) mass is 327 g/mol. The number of likely N-dealkylation sites (N-methyl/N-ethyl adjacent to an activating group) is 1. The highest BCUT2D eigenvalue weighted by molar-refractivity contribution is 5.88. The van der Waals surface area contributed by atoms with Crippen LogP contribution < -0.4 is 15.8 Å². The fourth-order valence-corrected chi connectivity index (χ4v) is 3.55. The number of amides is 1. The summed E-state index contributed by atoms with van der Waals surface area (Å²) in [5.41, 5.74) is 7.24. The van der Waals surface area contributed by atoms with Crippen LogP contribution in [-0.4, -0.2) is 43.1 Å². The lowest BCUT2D eigenvalue weighted by molar-refractivity contribution is -0.125. The Bertz CT molecular complexity index is 732. The van der Waals surface area contributed by atoms with Crippen LogP contribution in [-0.2, 0) is 11.3 Å². The second-order valence-corrected chi connectivity index (χ2v) is 6.30. The zero-order chi connectivity index (χ0) is 17.1. The number of likely N-dealkylation sites (tertiary alicyclic amines) is 1. The number of benzene rings is 2. The molecule has 2 atom stereocenters. The molecule has 0 aromatic heterocycles. The highest BCUT2D eigenvalue weighted by atomic mass is 16.5. The summed E-state index contributed by atoms with van der Waals surface area (Å²) in [6, 6.07) is 12.2. The van der Waals surface area contributed by atoms with Gasteiger partial charge in [-0.1, -0.05) is 30.3 Å². The number of ether oxygens (including phenoxy) is 1. The molecule has 5 nitrogen and oxygen atoms in total. The van der Waals surface area contributed by atoms with E-state index in [0.29, 0.717) is 26.1 Å². The van der Waals surface area contributed by atoms with E-state index in [9.17, 15) is 4.79 Å². The SMILES string of the molecule is CCNC(=O)[C@@H]1C[C@H](N)CN1Cc1c(OC)ccc2ccccc12. The topological polar surface area (TPSA) is 67.6 Å². The van der Waals surface area contributed by atoms with Crippen LogP contribution in [0.4, 0.5) is 0 Å². The lowest BCUT2D eigenvalue weighted by Gasteiger charge is -2.25. The van der Waals surface area contributed by atoms with Crippen LogP contribution in [0.15, 0.2) is 36.4 Å². The van der Waals surface area contributed by atoms with E-state index < -0.39 is 0 Å². The summed E-state index contributed by atoms with van der Waals surface area (Å²) in [6.45, 7) is 3.94. The first-order chi connectivity index (χ1) is 11.6. The molecular formula is C19H25N3O2. The molecule has 1 fully saturated rings. The Hall–Kier alpha value is -2.11. The number of rotatable bonds is 5. The number of carbonyl (C=O) groups is 1. The molecule has 0 saturated carbocycles. The number of nitrogens with two attached hydrogens (primary N) is 1. The minimum Gasteiger partial charge on any atom is -0.496 e. The van der Waals surface area contributed by atoms with E-state index in [-0.39, 0.29) is 18.0 Å². The molecule has 3 rings (SSSR count). The Morgan fingerprint density at radius 1 is 1.33 bits per heavy atom. The smallest absolute Gasteiger partial charge is 0.237 e. The molecule has 0 bridgehead atoms. The highest BCUT2D eigenvalue weighted by Gasteiger charge is 2.35. The van der Waals surface area contributed by atoms with Crippen LogP contribution in [0.5, 0.6) is 5.75 Å². The number of fused-ring (bicyclic) bond motifs is 1. The number of hydrogen-bond acceptors (Lipinski definition) is 4. The van der Waals surface area contributed by atoms with Gasteiger partial charge in [0.2, 0.25) is 5.91 Å². The Balaban J connectivity index is 1.94. The standard InChI is InChI=1S/C19H25N3O2/c1-3-21-19(23)17-10-14(20)11-22(17)12-16-15-7-5-4-6-13(15)8-9-18(16)24-2/h4-9,14,17H,3,10-12,20H2,1-2H3,(H,21,23)/t14-,17-/m0/s1. The van der Waals surface area contributed by atoms with Gasteiger partial charge in [0.1, 0.15) is 5.75 Å². The van der Waals surface area contributed by atoms with Gasteiger partial charge in [-0.05, 0) is 30.2 Å². The lowest BCUT2D eigenvalue weighted by atomic mass is 10.0. The van der Waals surface area contributed by atoms with Crippen molar-refractivity contribution in [2.24, 2.45) is 5.73 Å². The number of methoxy groups -OCH3 is 1. The molecule has 1 aliphatic heterocycles. The van der Waals surface area contributed by atoms with E-state index in [0.717, 1.165) is 16.7 Å². The summed E-state index contributed by atoms with van der Waals surface area (Å²) in [4.78, 5) is 14.5. The van der Waals surface area contributed by atoms with Gasteiger partial charge in [-0.25, -0.2) is 0 Å². The van der Waals surface area contributed by atoms with Crippen LogP contribution >= 0.6 is 0 Å². The molecule has 1 heterocycles. The zero-order valence-electron chi connectivity index (χ0n) is 14.3. The largest absolute Gasteiger partial charge is 0.496 e. The minimum absolute atomic E-state index is 0.0265. The third-order valence-corrected chi connectivity index (χ3v) is 4.67. The normalized spacial score (nSPS) is 21.1. The van der Waals surface area contributed by atoms with Crippen LogP contribution in [0.1, 0.15) is 18.9 Å². The van der Waals surface area contributed by atoms with Crippen LogP contribution in [0.25, 0.3) is 10.8 Å². The first kappa shape index (κ1) is 16.7. The Morgan fingerprint density at radius 2 is 2.12 bits per heavy atom. The molecule has 1 saturated heterocycles. The molecule has 1 aliphatic rings. The summed E-state index contributed by atoms with van der Waals surface area (Å²) in [7, 11) is 1.69. The second-order valence-electron chi connectivity index (χ2n) is 6.30. The van der Waals surface area contributed by atoms with Crippen molar-refractivity contribution in [3.63, 3.8) is 0 Å². The summed E-state index contributed by atoms with van der Waals surface area (Å²) in [5, 5.41) is 5.25. The number of nitrogens with zero attached hydrogens (tertiary/aromatic N) is 1. The minimum atomic E-state index is -0.177. The molecule has 2 aromatic rings. The Morgan fingerprint density at radius 3 is 2.88 bits per heavy atom. The van der Waals surface area contributed by atoms with Crippen LogP contribution in [0, 0.1) is 0 Å². The molecule has 3 N–H and O–H groups in total. The van der Waals surface area contributed by atoms with Gasteiger partial charge in [0.15, 0.2) is 0 Å². The summed E-state index contributed by atoms with van der Waals surface area (Å²) in [5.74, 6) is 0.911. The van der Waals surface area contributed by atoms with Gasteiger partial charge in [0.05, 0.1) is 13.2 Å². The van der Waals surface area contributed by atoms with E-state index >= 15 is 0 Å². The Labute approximate surface area is 142 Å². The van der Waals surface area contributed by atoms with Crippen molar-refractivity contribution in [1.82, 2.24) is 10.2 Å². The lowest BCUT2D eigenvalue weighted by Crippen LogP contribution is -2.42. The van der Waals surface area contributed by atoms with Crippen LogP contribution in [0.2, 0.25) is 0 Å². The summed E-state index contributed by atoms with van der Waals surface area (Å²) >= 11 is 0. The number of nitrogens with one attached hydrogen (secondary N) is 1. The molecule has 128 valence electrons. The molecule has 0 spiro atoms. The van der Waals surface area contributed by atoms with Crippen molar-refractivity contribution < 1.29 is 9.53 Å². The van der Waals surface area contributed by atoms with Crippen molar-refractivity contribution in [2.75, 3.05) is 20.2 Å². The maximum absolute atomic E-state index is 12.4. The molecule has 0 radical (unpaired) electrons. The third kappa shape index (κ3) is 3.23. The van der Waals surface area contributed by atoms with Crippen molar-refractivity contribution in [1.29, 1.82) is 0 Å². The van der Waals surface area contributed by atoms with Crippen molar-refractivity contribution in [3.05, 3.63) is 42.0 Å². The maximum Gasteiger partial charge on any atom is 0.237 e. The van der Waals surface area contributed by atoms with Gasteiger partial charge in [0, 0.05) is 31.2 Å². The van der Waals surface area contributed by atoms with Crippen molar-refractivity contribution in [2.45, 2.75) is 32.0 Å². The molecule has 0 aliphatic carbocycles. The molecule has 24 heavy (non-hydrogen) atoms. The molecule has 0 unspecified atom stereocenters. The Kier molecular flexibility index (Phi) is 5.02. The van der Waals surface area contributed by atoms with E-state index in [1.807, 2.05) is 25.1 Å². The highest BCUT2D eigenvalue weighted by Crippen LogP contribution is 2.31. The third-order valence-electron chi connectivity index (χ3n) is 4.67. The van der Waals surface area contributed by atoms with Gasteiger partial charge in [-0.2, -0.15) is 0 Å². The molecule has 2 aromatic carbocycles. The average molecular weight is 327 g/mol. The molecule has 5 heteroatoms. The average Bonchev–Trinajstić information content (AvgIpc) is 2.96. The van der Waals surface area contributed by atoms with E-state index in [1.165, 1.54) is 5.39 Å². The second kappa shape index (κ2) is 7.20. The van der Waals surface area contributed by atoms with Gasteiger partial charge < -0.3 is 15.8 Å². The summed E-state index contributed by atoms with van der Waals surface area (Å²) in [6.07, 6.45) is 0.693. The van der Waals surface area contributed by atoms with E-state index in [2.05, 4.69) is 28.4 Å². The van der Waals surface area contributed by atoms with Gasteiger partial charge >= 0.3 is 0 Å². The fraction of sp³-hybridized carbons (Fsp3) is 0.421. The van der Waals surface area contributed by atoms with Crippen molar-refractivity contribution in [3.8, 4) is 5.75 Å². The predicted molar refractivity (Wildman–Crippen MR) is 96.0 cm³/mol. The van der Waals surface area contributed by atoms with Gasteiger partial charge in [-0.15, -0.1) is 0 Å². The summed E-state index contributed by atoms with van der Waals surface area (Å²) < 4.78 is 5.58. The first-order valence-electron chi connectivity index (χ1n) is 8.46. The van der Waals surface area contributed by atoms with Crippen LogP contribution in [0.3, 0.4) is 0 Å². The zero-order valence-corrected chi connectivity index (χ0v) is 14.3. The molecule has 1 amide bonds. The van der Waals surface area contributed by atoms with Gasteiger partial charge in [-0.3, -0.25) is 9.69 Å². The number of hydrogen-bond donors (Lipinski definition) is 2. The maximum atomic E-state index is 12.4. The quantitative estimate of drug-likeness (QED) is 0.880. The molecular weight excluding hydrogens is 302 g/mol. The number of carbonyl (C=O) groups excluding carboxylic acids is 1. The van der Waals surface area contributed by atoms with E-state index in [1.54, 1.807) is 7.11 Å². The van der Waals surface area contributed by atoms with Gasteiger partial charge in [0.25, 0.3) is 0 Å².